The summed E-state index contributed by atoms with van der Waals surface area (Å²) in [7, 11) is 0. The van der Waals surface area contributed by atoms with Crippen LogP contribution in [0.4, 0.5) is 0 Å². The van der Waals surface area contributed by atoms with Crippen molar-refractivity contribution in [3.8, 4) is 0 Å². The Morgan fingerprint density at radius 3 is 2.17 bits per heavy atom. The molecule has 0 saturated heterocycles. The first-order valence-electron chi connectivity index (χ1n) is 8.63. The van der Waals surface area contributed by atoms with E-state index < -0.39 is 0 Å². The molecule has 0 aliphatic rings. The molecule has 1 heterocycles. The molecule has 23 heavy (non-hydrogen) atoms. The van der Waals surface area contributed by atoms with E-state index in [4.69, 9.17) is 14.2 Å². The Kier molecular flexibility index (Phi) is 10.1. The normalized spacial score (nSPS) is 12.0. The topological polar surface area (TPSA) is 58.4 Å². The monoisotopic (exact) mass is 327 g/mol. The molecule has 1 rings (SSSR count). The summed E-state index contributed by atoms with van der Waals surface area (Å²) in [6.07, 6.45) is 5.12. The van der Waals surface area contributed by atoms with E-state index in [1.54, 1.807) is 0 Å². The van der Waals surface area contributed by atoms with Gasteiger partial charge in [0.2, 0.25) is 0 Å². The molecule has 0 spiro atoms. The van der Waals surface area contributed by atoms with Gasteiger partial charge < -0.3 is 14.2 Å². The first-order chi connectivity index (χ1) is 11.0. The van der Waals surface area contributed by atoms with Crippen molar-refractivity contribution < 1.29 is 14.2 Å². The van der Waals surface area contributed by atoms with Crippen LogP contribution in [-0.4, -0.2) is 54.6 Å². The van der Waals surface area contributed by atoms with Gasteiger partial charge in [0.1, 0.15) is 0 Å². The molecule has 1 aromatic heterocycles. The fraction of sp³-hybridized carbons (Fsp3) is 0.882. The highest BCUT2D eigenvalue weighted by Gasteiger charge is 2.08. The van der Waals surface area contributed by atoms with E-state index in [2.05, 4.69) is 38.0 Å². The van der Waals surface area contributed by atoms with Crippen molar-refractivity contribution >= 4 is 0 Å². The quantitative estimate of drug-likeness (QED) is 0.521. The minimum atomic E-state index is 0.329. The van der Waals surface area contributed by atoms with Crippen molar-refractivity contribution in [2.75, 3.05) is 39.6 Å². The lowest BCUT2D eigenvalue weighted by Gasteiger charge is -2.17. The zero-order valence-electron chi connectivity index (χ0n) is 15.2. The van der Waals surface area contributed by atoms with Crippen LogP contribution in [0.5, 0.6) is 0 Å². The second kappa shape index (κ2) is 11.5. The molecule has 6 heteroatoms. The molecule has 0 unspecified atom stereocenters. The van der Waals surface area contributed by atoms with Crippen molar-refractivity contribution in [1.29, 1.82) is 0 Å². The number of aryl methyl sites for hydroxylation is 1. The lowest BCUT2D eigenvalue weighted by molar-refractivity contribution is 0.00881. The van der Waals surface area contributed by atoms with Gasteiger partial charge in [0.15, 0.2) is 0 Å². The molecular formula is C17H33N3O3. The Morgan fingerprint density at radius 2 is 1.57 bits per heavy atom. The van der Waals surface area contributed by atoms with Gasteiger partial charge in [-0.1, -0.05) is 39.3 Å². The maximum absolute atomic E-state index is 5.53. The molecule has 0 bridgehead atoms. The minimum absolute atomic E-state index is 0.329. The Bertz CT molecular complexity index is 402. The van der Waals surface area contributed by atoms with Gasteiger partial charge in [-0.05, 0) is 18.3 Å². The summed E-state index contributed by atoms with van der Waals surface area (Å²) in [5.74, 6) is 0. The highest BCUT2D eigenvalue weighted by Crippen LogP contribution is 2.17. The highest BCUT2D eigenvalue weighted by atomic mass is 16.5. The standard InChI is InChI=1S/C17H33N3O3/c1-5-6-16-15-20(19-18-16)8-10-22-12-14-23-13-11-21-9-7-17(2,3)4/h15H,5-14H2,1-4H3. The Morgan fingerprint density at radius 1 is 0.957 bits per heavy atom. The average molecular weight is 327 g/mol. The van der Waals surface area contributed by atoms with Gasteiger partial charge >= 0.3 is 0 Å². The first-order valence-corrected chi connectivity index (χ1v) is 8.63. The van der Waals surface area contributed by atoms with Crippen LogP contribution in [-0.2, 0) is 27.2 Å². The van der Waals surface area contributed by atoms with Gasteiger partial charge in [-0.2, -0.15) is 0 Å². The molecule has 0 saturated carbocycles. The molecule has 0 aromatic carbocycles. The molecule has 134 valence electrons. The minimum Gasteiger partial charge on any atom is -0.379 e. The Hall–Kier alpha value is -0.980. The summed E-state index contributed by atoms with van der Waals surface area (Å²) in [5.41, 5.74) is 1.37. The van der Waals surface area contributed by atoms with Crippen molar-refractivity contribution in [1.82, 2.24) is 15.0 Å². The maximum atomic E-state index is 5.53. The van der Waals surface area contributed by atoms with E-state index in [1.165, 1.54) is 0 Å². The van der Waals surface area contributed by atoms with E-state index in [0.29, 0.717) is 38.4 Å². The van der Waals surface area contributed by atoms with Crippen LogP contribution in [0, 0.1) is 5.41 Å². The number of aromatic nitrogens is 3. The van der Waals surface area contributed by atoms with Crippen LogP contribution in [0.2, 0.25) is 0 Å². The molecule has 0 aliphatic carbocycles. The smallest absolute Gasteiger partial charge is 0.0827 e. The van der Waals surface area contributed by atoms with Crippen LogP contribution in [0.25, 0.3) is 0 Å². The Labute approximate surface area is 140 Å². The number of nitrogens with zero attached hydrogens (tertiary/aromatic N) is 3. The second-order valence-electron chi connectivity index (χ2n) is 6.87. The summed E-state index contributed by atoms with van der Waals surface area (Å²) in [6, 6.07) is 0. The zero-order valence-corrected chi connectivity index (χ0v) is 15.2. The van der Waals surface area contributed by atoms with Crippen LogP contribution in [0.15, 0.2) is 6.20 Å². The lowest BCUT2D eigenvalue weighted by Crippen LogP contribution is -2.14. The summed E-state index contributed by atoms with van der Waals surface area (Å²) >= 11 is 0. The van der Waals surface area contributed by atoms with Gasteiger partial charge in [-0.15, -0.1) is 5.10 Å². The van der Waals surface area contributed by atoms with Gasteiger partial charge in [-0.25, -0.2) is 4.68 Å². The van der Waals surface area contributed by atoms with Gasteiger partial charge in [0, 0.05) is 12.8 Å². The van der Waals surface area contributed by atoms with E-state index in [9.17, 15) is 0 Å². The largest absolute Gasteiger partial charge is 0.379 e. The van der Waals surface area contributed by atoms with Crippen LogP contribution in [0.3, 0.4) is 0 Å². The number of rotatable bonds is 13. The predicted molar refractivity (Wildman–Crippen MR) is 90.5 cm³/mol. The molecule has 6 nitrogen and oxygen atoms in total. The first kappa shape index (κ1) is 20.1. The van der Waals surface area contributed by atoms with E-state index in [1.807, 2.05) is 10.9 Å². The molecule has 0 amide bonds. The number of hydrogen-bond donors (Lipinski definition) is 0. The molecule has 0 atom stereocenters. The molecule has 1 aromatic rings. The maximum Gasteiger partial charge on any atom is 0.0827 e. The van der Waals surface area contributed by atoms with E-state index in [-0.39, 0.29) is 0 Å². The Balaban J connectivity index is 1.86. The van der Waals surface area contributed by atoms with Crippen molar-refractivity contribution in [3.63, 3.8) is 0 Å². The fourth-order valence-electron chi connectivity index (χ4n) is 1.90. The molecule has 0 aliphatic heterocycles. The SMILES string of the molecule is CCCc1cn(CCOCCOCCOCCC(C)(C)C)nn1. The van der Waals surface area contributed by atoms with Crippen molar-refractivity contribution in [2.45, 2.75) is 53.5 Å². The van der Waals surface area contributed by atoms with Crippen LogP contribution < -0.4 is 0 Å². The highest BCUT2D eigenvalue weighted by molar-refractivity contribution is 4.91. The third kappa shape index (κ3) is 11.2. The second-order valence-corrected chi connectivity index (χ2v) is 6.87. The summed E-state index contributed by atoms with van der Waals surface area (Å²) in [4.78, 5) is 0. The fourth-order valence-corrected chi connectivity index (χ4v) is 1.90. The summed E-state index contributed by atoms with van der Waals surface area (Å²) in [5, 5.41) is 8.17. The third-order valence-corrected chi connectivity index (χ3v) is 3.30. The summed E-state index contributed by atoms with van der Waals surface area (Å²) < 4.78 is 18.4. The molecule has 0 radical (unpaired) electrons. The number of ether oxygens (including phenoxy) is 3. The average Bonchev–Trinajstić information content (AvgIpc) is 2.91. The van der Waals surface area contributed by atoms with Gasteiger partial charge in [-0.3, -0.25) is 0 Å². The van der Waals surface area contributed by atoms with Crippen LogP contribution in [0.1, 0.15) is 46.2 Å². The summed E-state index contributed by atoms with van der Waals surface area (Å²) in [6.45, 7) is 13.4. The molecular weight excluding hydrogens is 294 g/mol. The zero-order chi connectivity index (χ0) is 17.0. The van der Waals surface area contributed by atoms with Crippen molar-refractivity contribution in [2.24, 2.45) is 5.41 Å². The number of hydrogen-bond acceptors (Lipinski definition) is 5. The van der Waals surface area contributed by atoms with Crippen LogP contribution >= 0.6 is 0 Å². The lowest BCUT2D eigenvalue weighted by atomic mass is 9.93. The third-order valence-electron chi connectivity index (χ3n) is 3.30. The van der Waals surface area contributed by atoms with E-state index in [0.717, 1.165) is 38.1 Å². The van der Waals surface area contributed by atoms with Gasteiger partial charge in [0.25, 0.3) is 0 Å². The molecule has 0 N–H and O–H groups in total. The van der Waals surface area contributed by atoms with Crippen molar-refractivity contribution in [3.05, 3.63) is 11.9 Å². The predicted octanol–water partition coefficient (Wildman–Crippen LogP) is 2.72. The van der Waals surface area contributed by atoms with E-state index >= 15 is 0 Å². The van der Waals surface area contributed by atoms with Gasteiger partial charge in [0.05, 0.1) is 45.3 Å². The molecule has 0 fully saturated rings.